The standard InChI is InChI=1S/C21H28F2N2O2/c1-2-18(26)25-12-6-7-15(13-25)20(27)24-14-21(10-3-4-11-21)19-16(22)8-5-9-17(19)23/h5,8-9,15H,2-4,6-7,10-14H2,1H3,(H,24,27). The molecule has 2 aliphatic rings. The van der Waals surface area contributed by atoms with Crippen molar-refractivity contribution in [1.82, 2.24) is 10.2 Å². The zero-order valence-corrected chi connectivity index (χ0v) is 15.9. The molecule has 4 nitrogen and oxygen atoms in total. The van der Waals surface area contributed by atoms with Gasteiger partial charge in [0.2, 0.25) is 11.8 Å². The Balaban J connectivity index is 1.70. The Morgan fingerprint density at radius 3 is 2.48 bits per heavy atom. The lowest BCUT2D eigenvalue weighted by Crippen LogP contribution is -2.48. The fourth-order valence-corrected chi connectivity index (χ4v) is 4.61. The molecular formula is C21H28F2N2O2. The average Bonchev–Trinajstić information content (AvgIpc) is 3.15. The molecule has 1 aromatic rings. The van der Waals surface area contributed by atoms with Gasteiger partial charge in [0.25, 0.3) is 0 Å². The number of halogens is 2. The molecule has 6 heteroatoms. The number of likely N-dealkylation sites (tertiary alicyclic amines) is 1. The Bertz CT molecular complexity index is 681. The molecule has 1 aliphatic carbocycles. The molecule has 0 spiro atoms. The summed E-state index contributed by atoms with van der Waals surface area (Å²) in [7, 11) is 0. The van der Waals surface area contributed by atoms with Crippen molar-refractivity contribution in [3.05, 3.63) is 35.4 Å². The molecule has 1 N–H and O–H groups in total. The van der Waals surface area contributed by atoms with E-state index in [4.69, 9.17) is 0 Å². The Morgan fingerprint density at radius 2 is 1.85 bits per heavy atom. The first-order valence-corrected chi connectivity index (χ1v) is 9.97. The van der Waals surface area contributed by atoms with Crippen LogP contribution in [0.2, 0.25) is 0 Å². The molecule has 3 rings (SSSR count). The van der Waals surface area contributed by atoms with Gasteiger partial charge in [0, 0.05) is 37.0 Å². The summed E-state index contributed by atoms with van der Waals surface area (Å²) in [6.07, 6.45) is 5.09. The summed E-state index contributed by atoms with van der Waals surface area (Å²) in [5.74, 6) is -1.38. The van der Waals surface area contributed by atoms with Gasteiger partial charge < -0.3 is 10.2 Å². The molecule has 27 heavy (non-hydrogen) atoms. The predicted molar refractivity (Wildman–Crippen MR) is 99.1 cm³/mol. The lowest BCUT2D eigenvalue weighted by molar-refractivity contribution is -0.135. The van der Waals surface area contributed by atoms with Crippen LogP contribution in [0.1, 0.15) is 57.4 Å². The average molecular weight is 378 g/mol. The molecule has 1 atom stereocenters. The predicted octanol–water partition coefficient (Wildman–Crippen LogP) is 3.54. The molecule has 1 saturated heterocycles. The van der Waals surface area contributed by atoms with E-state index in [2.05, 4.69) is 5.32 Å². The Morgan fingerprint density at radius 1 is 1.19 bits per heavy atom. The first kappa shape index (κ1) is 19.8. The van der Waals surface area contributed by atoms with Crippen LogP contribution in [0.5, 0.6) is 0 Å². The van der Waals surface area contributed by atoms with Crippen molar-refractivity contribution < 1.29 is 18.4 Å². The number of piperidine rings is 1. The minimum atomic E-state index is -0.682. The lowest BCUT2D eigenvalue weighted by Gasteiger charge is -2.34. The van der Waals surface area contributed by atoms with E-state index in [1.807, 2.05) is 6.92 Å². The van der Waals surface area contributed by atoms with E-state index in [1.54, 1.807) is 4.90 Å². The van der Waals surface area contributed by atoms with Crippen LogP contribution in [0, 0.1) is 17.6 Å². The van der Waals surface area contributed by atoms with Crippen molar-refractivity contribution in [3.8, 4) is 0 Å². The van der Waals surface area contributed by atoms with Crippen LogP contribution in [0.25, 0.3) is 0 Å². The zero-order chi connectivity index (χ0) is 19.4. The van der Waals surface area contributed by atoms with Gasteiger partial charge in [-0.15, -0.1) is 0 Å². The highest BCUT2D eigenvalue weighted by atomic mass is 19.1. The van der Waals surface area contributed by atoms with E-state index in [9.17, 15) is 18.4 Å². The van der Waals surface area contributed by atoms with Crippen LogP contribution in [0.4, 0.5) is 8.78 Å². The van der Waals surface area contributed by atoms with Gasteiger partial charge in [-0.2, -0.15) is 0 Å². The fraction of sp³-hybridized carbons (Fsp3) is 0.619. The monoisotopic (exact) mass is 378 g/mol. The van der Waals surface area contributed by atoms with Gasteiger partial charge in [0.15, 0.2) is 0 Å². The summed E-state index contributed by atoms with van der Waals surface area (Å²) in [5.41, 5.74) is -0.576. The number of hydrogen-bond donors (Lipinski definition) is 1. The number of amides is 2. The lowest BCUT2D eigenvalue weighted by atomic mass is 9.78. The number of benzene rings is 1. The number of carbonyl (C=O) groups excluding carboxylic acids is 2. The van der Waals surface area contributed by atoms with Crippen molar-refractivity contribution in [2.75, 3.05) is 19.6 Å². The molecule has 1 aromatic carbocycles. The molecule has 1 unspecified atom stereocenters. The number of carbonyl (C=O) groups is 2. The second kappa shape index (κ2) is 8.36. The Labute approximate surface area is 159 Å². The topological polar surface area (TPSA) is 49.4 Å². The van der Waals surface area contributed by atoms with Gasteiger partial charge in [-0.1, -0.05) is 25.8 Å². The van der Waals surface area contributed by atoms with Crippen LogP contribution < -0.4 is 5.32 Å². The second-order valence-corrected chi connectivity index (χ2v) is 7.83. The molecular weight excluding hydrogens is 350 g/mol. The van der Waals surface area contributed by atoms with Crippen molar-refractivity contribution in [3.63, 3.8) is 0 Å². The van der Waals surface area contributed by atoms with Gasteiger partial charge >= 0.3 is 0 Å². The second-order valence-electron chi connectivity index (χ2n) is 7.83. The van der Waals surface area contributed by atoms with E-state index < -0.39 is 17.0 Å². The molecule has 148 valence electrons. The van der Waals surface area contributed by atoms with Crippen LogP contribution >= 0.6 is 0 Å². The summed E-state index contributed by atoms with van der Waals surface area (Å²) in [4.78, 5) is 26.4. The minimum Gasteiger partial charge on any atom is -0.355 e. The number of nitrogens with one attached hydrogen (secondary N) is 1. The molecule has 1 aliphatic heterocycles. The van der Waals surface area contributed by atoms with E-state index in [0.29, 0.717) is 32.4 Å². The highest BCUT2D eigenvalue weighted by molar-refractivity contribution is 5.81. The van der Waals surface area contributed by atoms with Crippen LogP contribution in [-0.2, 0) is 15.0 Å². The maximum absolute atomic E-state index is 14.4. The van der Waals surface area contributed by atoms with E-state index in [1.165, 1.54) is 18.2 Å². The highest BCUT2D eigenvalue weighted by Crippen LogP contribution is 2.42. The Kier molecular flexibility index (Phi) is 6.12. The van der Waals surface area contributed by atoms with E-state index >= 15 is 0 Å². The fourth-order valence-electron chi connectivity index (χ4n) is 4.61. The van der Waals surface area contributed by atoms with Gasteiger partial charge in [-0.05, 0) is 37.8 Å². The maximum atomic E-state index is 14.4. The van der Waals surface area contributed by atoms with Crippen LogP contribution in [-0.4, -0.2) is 36.3 Å². The van der Waals surface area contributed by atoms with E-state index in [-0.39, 0.29) is 29.8 Å². The van der Waals surface area contributed by atoms with Gasteiger partial charge in [-0.25, -0.2) is 8.78 Å². The molecule has 1 heterocycles. The third-order valence-electron chi connectivity index (χ3n) is 6.10. The van der Waals surface area contributed by atoms with Crippen LogP contribution in [0.3, 0.4) is 0 Å². The summed E-state index contributed by atoms with van der Waals surface area (Å²) in [6.45, 7) is 3.18. The molecule has 1 saturated carbocycles. The van der Waals surface area contributed by atoms with Crippen molar-refractivity contribution in [2.24, 2.45) is 5.92 Å². The number of rotatable bonds is 5. The normalized spacial score (nSPS) is 21.9. The Hall–Kier alpha value is -1.98. The SMILES string of the molecule is CCC(=O)N1CCCC(C(=O)NCC2(c3c(F)cccc3F)CCCC2)C1. The first-order chi connectivity index (χ1) is 13.0. The quantitative estimate of drug-likeness (QED) is 0.852. The van der Waals surface area contributed by atoms with Gasteiger partial charge in [0.05, 0.1) is 5.92 Å². The third kappa shape index (κ3) is 4.14. The smallest absolute Gasteiger partial charge is 0.224 e. The number of nitrogens with zero attached hydrogens (tertiary/aromatic N) is 1. The minimum absolute atomic E-state index is 0.0631. The van der Waals surface area contributed by atoms with Crippen molar-refractivity contribution in [2.45, 2.75) is 57.3 Å². The number of hydrogen-bond acceptors (Lipinski definition) is 2. The van der Waals surface area contributed by atoms with Gasteiger partial charge in [-0.3, -0.25) is 9.59 Å². The third-order valence-corrected chi connectivity index (χ3v) is 6.10. The maximum Gasteiger partial charge on any atom is 0.224 e. The van der Waals surface area contributed by atoms with Gasteiger partial charge in [0.1, 0.15) is 11.6 Å². The highest BCUT2D eigenvalue weighted by Gasteiger charge is 2.40. The first-order valence-electron chi connectivity index (χ1n) is 9.97. The molecule has 2 amide bonds. The molecule has 0 bridgehead atoms. The van der Waals surface area contributed by atoms with Crippen LogP contribution in [0.15, 0.2) is 18.2 Å². The summed E-state index contributed by atoms with van der Waals surface area (Å²) >= 11 is 0. The summed E-state index contributed by atoms with van der Waals surface area (Å²) < 4.78 is 28.8. The molecule has 2 fully saturated rings. The van der Waals surface area contributed by atoms with E-state index in [0.717, 1.165) is 25.7 Å². The summed E-state index contributed by atoms with van der Waals surface area (Å²) in [5, 5.41) is 2.96. The molecule has 0 aromatic heterocycles. The molecule has 0 radical (unpaired) electrons. The largest absolute Gasteiger partial charge is 0.355 e. The van der Waals surface area contributed by atoms with Crippen molar-refractivity contribution >= 4 is 11.8 Å². The van der Waals surface area contributed by atoms with Crippen molar-refractivity contribution in [1.29, 1.82) is 0 Å². The summed E-state index contributed by atoms with van der Waals surface area (Å²) in [6, 6.07) is 3.95. The zero-order valence-electron chi connectivity index (χ0n) is 15.9.